The molecule has 0 unspecified atom stereocenters. The van der Waals surface area contributed by atoms with Crippen LogP contribution in [0, 0.1) is 6.92 Å². The maximum atomic E-state index is 5.53. The highest BCUT2D eigenvalue weighted by Crippen LogP contribution is 2.23. The summed E-state index contributed by atoms with van der Waals surface area (Å²) in [7, 11) is 0. The third-order valence-corrected chi connectivity index (χ3v) is 2.19. The lowest BCUT2D eigenvalue weighted by atomic mass is 10.1. The highest BCUT2D eigenvalue weighted by molar-refractivity contribution is 5.61. The Balaban J connectivity index is 2.48. The van der Waals surface area contributed by atoms with Crippen molar-refractivity contribution in [3.05, 3.63) is 30.0 Å². The predicted molar refractivity (Wildman–Crippen MR) is 58.3 cm³/mol. The Morgan fingerprint density at radius 3 is 2.80 bits per heavy atom. The van der Waals surface area contributed by atoms with Crippen LogP contribution in [-0.2, 0) is 6.42 Å². The average molecular weight is 203 g/mol. The standard InChI is InChI=1S/C11H13N3O/c1-3-9-11(14-7(2)15-9)8-4-5-10(12)13-6-8/h4-6H,3H2,1-2H3,(H2,12,13). The van der Waals surface area contributed by atoms with Gasteiger partial charge < -0.3 is 10.2 Å². The van der Waals surface area contributed by atoms with Gasteiger partial charge in [0.1, 0.15) is 17.3 Å². The van der Waals surface area contributed by atoms with Crippen LogP contribution in [0.15, 0.2) is 22.7 Å². The molecule has 0 atom stereocenters. The molecule has 0 aliphatic carbocycles. The topological polar surface area (TPSA) is 64.9 Å². The van der Waals surface area contributed by atoms with Crippen molar-refractivity contribution in [3.63, 3.8) is 0 Å². The van der Waals surface area contributed by atoms with Gasteiger partial charge >= 0.3 is 0 Å². The van der Waals surface area contributed by atoms with Crippen molar-refractivity contribution in [1.29, 1.82) is 0 Å². The minimum Gasteiger partial charge on any atom is -0.445 e. The van der Waals surface area contributed by atoms with Gasteiger partial charge in [-0.25, -0.2) is 9.97 Å². The van der Waals surface area contributed by atoms with Crippen molar-refractivity contribution in [2.45, 2.75) is 20.3 Å². The monoisotopic (exact) mass is 203 g/mol. The zero-order valence-electron chi connectivity index (χ0n) is 8.82. The smallest absolute Gasteiger partial charge is 0.191 e. The quantitative estimate of drug-likeness (QED) is 0.812. The summed E-state index contributed by atoms with van der Waals surface area (Å²) in [6.07, 6.45) is 2.53. The number of pyridine rings is 1. The molecule has 78 valence electrons. The number of hydrogen-bond donors (Lipinski definition) is 1. The van der Waals surface area contributed by atoms with Crippen LogP contribution in [0.25, 0.3) is 11.3 Å². The lowest BCUT2D eigenvalue weighted by molar-refractivity contribution is 0.480. The second-order valence-corrected chi connectivity index (χ2v) is 3.33. The lowest BCUT2D eigenvalue weighted by Gasteiger charge is -1.98. The molecule has 0 saturated carbocycles. The molecular formula is C11H13N3O. The molecule has 4 nitrogen and oxygen atoms in total. The molecule has 0 saturated heterocycles. The SMILES string of the molecule is CCc1oc(C)nc1-c1ccc(N)nc1. The van der Waals surface area contributed by atoms with E-state index in [9.17, 15) is 0 Å². The molecule has 0 fully saturated rings. The van der Waals surface area contributed by atoms with E-state index in [-0.39, 0.29) is 0 Å². The first-order chi connectivity index (χ1) is 7.20. The zero-order valence-corrected chi connectivity index (χ0v) is 8.82. The summed E-state index contributed by atoms with van der Waals surface area (Å²) in [6.45, 7) is 3.88. The zero-order chi connectivity index (χ0) is 10.8. The van der Waals surface area contributed by atoms with E-state index in [2.05, 4.69) is 9.97 Å². The first kappa shape index (κ1) is 9.71. The van der Waals surface area contributed by atoms with E-state index in [1.54, 1.807) is 12.3 Å². The van der Waals surface area contributed by atoms with Gasteiger partial charge in [-0.15, -0.1) is 0 Å². The summed E-state index contributed by atoms with van der Waals surface area (Å²) >= 11 is 0. The first-order valence-electron chi connectivity index (χ1n) is 4.89. The summed E-state index contributed by atoms with van der Waals surface area (Å²) in [5, 5.41) is 0. The Morgan fingerprint density at radius 1 is 1.40 bits per heavy atom. The molecule has 2 heterocycles. The van der Waals surface area contributed by atoms with Gasteiger partial charge in [-0.1, -0.05) is 6.92 Å². The number of nitrogens with zero attached hydrogens (tertiary/aromatic N) is 2. The minimum atomic E-state index is 0.511. The molecule has 0 radical (unpaired) electrons. The number of nitrogen functional groups attached to an aromatic ring is 1. The van der Waals surface area contributed by atoms with Crippen LogP contribution in [-0.4, -0.2) is 9.97 Å². The first-order valence-corrected chi connectivity index (χ1v) is 4.89. The number of oxazole rings is 1. The van der Waals surface area contributed by atoms with Crippen LogP contribution >= 0.6 is 0 Å². The summed E-state index contributed by atoms with van der Waals surface area (Å²) in [4.78, 5) is 8.37. The van der Waals surface area contributed by atoms with Gasteiger partial charge in [0.05, 0.1) is 0 Å². The molecule has 0 aliphatic rings. The van der Waals surface area contributed by atoms with Crippen LogP contribution < -0.4 is 5.73 Å². The van der Waals surface area contributed by atoms with Crippen molar-refractivity contribution in [2.24, 2.45) is 0 Å². The average Bonchev–Trinajstić information content (AvgIpc) is 2.61. The fourth-order valence-electron chi connectivity index (χ4n) is 1.48. The normalized spacial score (nSPS) is 10.5. The summed E-state index contributed by atoms with van der Waals surface area (Å²) in [5.41, 5.74) is 7.33. The van der Waals surface area contributed by atoms with Gasteiger partial charge in [0.15, 0.2) is 5.89 Å². The van der Waals surface area contributed by atoms with E-state index in [1.807, 2.05) is 19.9 Å². The van der Waals surface area contributed by atoms with Gasteiger partial charge in [-0.2, -0.15) is 0 Å². The minimum absolute atomic E-state index is 0.511. The Labute approximate surface area is 88.2 Å². The molecule has 0 aromatic carbocycles. The molecule has 2 aromatic heterocycles. The van der Waals surface area contributed by atoms with Gasteiger partial charge in [0.2, 0.25) is 0 Å². The van der Waals surface area contributed by atoms with Crippen LogP contribution in [0.3, 0.4) is 0 Å². The number of hydrogen-bond acceptors (Lipinski definition) is 4. The van der Waals surface area contributed by atoms with Crippen molar-refractivity contribution < 1.29 is 4.42 Å². The second-order valence-electron chi connectivity index (χ2n) is 3.33. The van der Waals surface area contributed by atoms with Gasteiger partial charge in [0, 0.05) is 25.1 Å². The maximum Gasteiger partial charge on any atom is 0.191 e. The molecule has 2 N–H and O–H groups in total. The Bertz CT molecular complexity index is 459. The molecule has 2 rings (SSSR count). The van der Waals surface area contributed by atoms with E-state index in [0.29, 0.717) is 11.7 Å². The van der Waals surface area contributed by atoms with Gasteiger partial charge in [-0.3, -0.25) is 0 Å². The number of aromatic nitrogens is 2. The largest absolute Gasteiger partial charge is 0.445 e. The fraction of sp³-hybridized carbons (Fsp3) is 0.273. The highest BCUT2D eigenvalue weighted by Gasteiger charge is 2.11. The van der Waals surface area contributed by atoms with Crippen LogP contribution in [0.4, 0.5) is 5.82 Å². The number of nitrogens with two attached hydrogens (primary N) is 1. The number of aryl methyl sites for hydroxylation is 2. The Hall–Kier alpha value is -1.84. The number of anilines is 1. The molecular weight excluding hydrogens is 190 g/mol. The van der Waals surface area contributed by atoms with E-state index < -0.39 is 0 Å². The van der Waals surface area contributed by atoms with Gasteiger partial charge in [-0.05, 0) is 12.1 Å². The van der Waals surface area contributed by atoms with E-state index in [4.69, 9.17) is 10.2 Å². The lowest BCUT2D eigenvalue weighted by Crippen LogP contribution is -1.90. The van der Waals surface area contributed by atoms with E-state index in [0.717, 1.165) is 23.4 Å². The molecule has 0 amide bonds. The van der Waals surface area contributed by atoms with Crippen LogP contribution in [0.1, 0.15) is 18.6 Å². The van der Waals surface area contributed by atoms with Crippen molar-refractivity contribution in [1.82, 2.24) is 9.97 Å². The summed E-state index contributed by atoms with van der Waals surface area (Å²) in [6, 6.07) is 3.66. The van der Waals surface area contributed by atoms with E-state index >= 15 is 0 Å². The highest BCUT2D eigenvalue weighted by atomic mass is 16.4. The van der Waals surface area contributed by atoms with Crippen LogP contribution in [0.5, 0.6) is 0 Å². The third-order valence-electron chi connectivity index (χ3n) is 2.19. The molecule has 0 bridgehead atoms. The van der Waals surface area contributed by atoms with Gasteiger partial charge in [0.25, 0.3) is 0 Å². The van der Waals surface area contributed by atoms with Crippen molar-refractivity contribution >= 4 is 5.82 Å². The Morgan fingerprint density at radius 2 is 2.20 bits per heavy atom. The van der Waals surface area contributed by atoms with Crippen molar-refractivity contribution in [3.8, 4) is 11.3 Å². The van der Waals surface area contributed by atoms with Crippen molar-refractivity contribution in [2.75, 3.05) is 5.73 Å². The van der Waals surface area contributed by atoms with Crippen LogP contribution in [0.2, 0.25) is 0 Å². The molecule has 15 heavy (non-hydrogen) atoms. The fourth-order valence-corrected chi connectivity index (χ4v) is 1.48. The maximum absolute atomic E-state index is 5.53. The third kappa shape index (κ3) is 1.83. The molecule has 0 spiro atoms. The molecule has 4 heteroatoms. The summed E-state index contributed by atoms with van der Waals surface area (Å²) in [5.74, 6) is 2.08. The summed E-state index contributed by atoms with van der Waals surface area (Å²) < 4.78 is 5.48. The Kier molecular flexibility index (Phi) is 2.41. The molecule has 2 aromatic rings. The number of rotatable bonds is 2. The van der Waals surface area contributed by atoms with E-state index in [1.165, 1.54) is 0 Å². The molecule has 0 aliphatic heterocycles. The second kappa shape index (κ2) is 3.73. The predicted octanol–water partition coefficient (Wildman–Crippen LogP) is 2.19.